The first-order valence-electron chi connectivity index (χ1n) is 12.8. The third kappa shape index (κ3) is 27.7. The zero-order chi connectivity index (χ0) is 24.8. The molecule has 0 aliphatic carbocycles. The fourth-order valence-electron chi connectivity index (χ4n) is 3.21. The Morgan fingerprint density at radius 2 is 0.968 bits per heavy atom. The van der Waals surface area contributed by atoms with Gasteiger partial charge in [0.05, 0.1) is 13.2 Å². The highest BCUT2D eigenvalue weighted by molar-refractivity contribution is 4.66. The van der Waals surface area contributed by atoms with E-state index in [0.717, 1.165) is 91.9 Å². The van der Waals surface area contributed by atoms with Crippen molar-refractivity contribution in [2.75, 3.05) is 92.3 Å². The van der Waals surface area contributed by atoms with Crippen molar-refractivity contribution in [2.24, 2.45) is 0 Å². The van der Waals surface area contributed by atoms with E-state index in [0.29, 0.717) is 0 Å². The van der Waals surface area contributed by atoms with Gasteiger partial charge in [-0.2, -0.15) is 0 Å². The molecule has 0 spiro atoms. The minimum absolute atomic E-state index is 0.244. The van der Waals surface area contributed by atoms with Crippen molar-refractivity contribution in [1.82, 2.24) is 20.0 Å². The van der Waals surface area contributed by atoms with E-state index < -0.39 is 0 Å². The summed E-state index contributed by atoms with van der Waals surface area (Å²) in [5.41, 5.74) is 0. The van der Waals surface area contributed by atoms with Gasteiger partial charge in [0.15, 0.2) is 0 Å². The Morgan fingerprint density at radius 3 is 1.39 bits per heavy atom. The fourth-order valence-corrected chi connectivity index (χ4v) is 3.21. The van der Waals surface area contributed by atoms with E-state index in [4.69, 9.17) is 5.11 Å². The maximum atomic E-state index is 9.21. The molecule has 0 bridgehead atoms. The fraction of sp³-hybridized carbons (Fsp3) is 1.00. The van der Waals surface area contributed by atoms with E-state index in [1.807, 2.05) is 41.5 Å². The van der Waals surface area contributed by atoms with E-state index in [9.17, 15) is 10.2 Å². The summed E-state index contributed by atoms with van der Waals surface area (Å²) < 4.78 is 0. The minimum Gasteiger partial charge on any atom is -0.400 e. The summed E-state index contributed by atoms with van der Waals surface area (Å²) in [6.07, 6.45) is 3.45. The predicted octanol–water partition coefficient (Wildman–Crippen LogP) is 2.36. The van der Waals surface area contributed by atoms with Crippen LogP contribution in [-0.4, -0.2) is 122 Å². The molecule has 31 heavy (non-hydrogen) atoms. The third-order valence-corrected chi connectivity index (χ3v) is 4.61. The third-order valence-electron chi connectivity index (χ3n) is 4.61. The van der Waals surface area contributed by atoms with Crippen LogP contribution in [0, 0.1) is 0 Å². The Balaban J connectivity index is -0.000000407. The van der Waals surface area contributed by atoms with E-state index in [-0.39, 0.29) is 13.2 Å². The first kappa shape index (κ1) is 38.0. The molecule has 7 nitrogen and oxygen atoms in total. The van der Waals surface area contributed by atoms with Crippen molar-refractivity contribution >= 4 is 0 Å². The molecule has 0 amide bonds. The van der Waals surface area contributed by atoms with Gasteiger partial charge < -0.3 is 30.4 Å². The lowest BCUT2D eigenvalue weighted by atomic mass is 10.3. The lowest BCUT2D eigenvalue weighted by Gasteiger charge is -2.25. The first-order chi connectivity index (χ1) is 15.3. The summed E-state index contributed by atoms with van der Waals surface area (Å²) in [6.45, 7) is 25.9. The highest BCUT2D eigenvalue weighted by Gasteiger charge is 2.09. The van der Waals surface area contributed by atoms with E-state index in [1.165, 1.54) is 6.42 Å². The van der Waals surface area contributed by atoms with Crippen LogP contribution < -0.4 is 5.32 Å². The number of rotatable bonds is 5. The van der Waals surface area contributed by atoms with Crippen LogP contribution in [0.5, 0.6) is 0 Å². The molecule has 0 atom stereocenters. The number of nitrogens with zero attached hydrogens (tertiary/aromatic N) is 3. The van der Waals surface area contributed by atoms with Crippen LogP contribution in [-0.2, 0) is 0 Å². The number of aliphatic hydroxyl groups excluding tert-OH is 3. The zero-order valence-electron chi connectivity index (χ0n) is 22.5. The van der Waals surface area contributed by atoms with Gasteiger partial charge in [0.25, 0.3) is 0 Å². The monoisotopic (exact) mass is 452 g/mol. The Morgan fingerprint density at radius 1 is 0.581 bits per heavy atom. The molecule has 4 N–H and O–H groups in total. The van der Waals surface area contributed by atoms with Crippen molar-refractivity contribution < 1.29 is 15.3 Å². The van der Waals surface area contributed by atoms with Gasteiger partial charge in [0.2, 0.25) is 0 Å². The van der Waals surface area contributed by atoms with Gasteiger partial charge in [0.1, 0.15) is 0 Å². The van der Waals surface area contributed by atoms with E-state index >= 15 is 0 Å². The molecule has 0 aromatic heterocycles. The molecule has 1 aliphatic rings. The summed E-state index contributed by atoms with van der Waals surface area (Å²) in [4.78, 5) is 7.26. The van der Waals surface area contributed by atoms with Gasteiger partial charge >= 0.3 is 0 Å². The quantitative estimate of drug-likeness (QED) is 0.510. The summed E-state index contributed by atoms with van der Waals surface area (Å²) >= 11 is 0. The highest BCUT2D eigenvalue weighted by Crippen LogP contribution is 2.00. The second kappa shape index (κ2) is 37.1. The lowest BCUT2D eigenvalue weighted by Crippen LogP contribution is -2.36. The molecule has 194 valence electrons. The Kier molecular flexibility index (Phi) is 45.4. The molecule has 0 saturated carbocycles. The van der Waals surface area contributed by atoms with Crippen molar-refractivity contribution in [3.8, 4) is 0 Å². The summed E-state index contributed by atoms with van der Waals surface area (Å²) in [7, 11) is 1.00. The van der Waals surface area contributed by atoms with Crippen LogP contribution in [0.2, 0.25) is 0 Å². The largest absolute Gasteiger partial charge is 0.400 e. The van der Waals surface area contributed by atoms with Crippen LogP contribution in [0.4, 0.5) is 0 Å². The molecule has 1 heterocycles. The smallest absolute Gasteiger partial charge is 0.0558 e. The average molecular weight is 453 g/mol. The molecule has 0 aromatic carbocycles. The van der Waals surface area contributed by atoms with Crippen molar-refractivity contribution in [3.63, 3.8) is 0 Å². The zero-order valence-corrected chi connectivity index (χ0v) is 22.5. The van der Waals surface area contributed by atoms with Gasteiger partial charge in [0, 0.05) is 33.3 Å². The Labute approximate surface area is 195 Å². The van der Waals surface area contributed by atoms with Crippen molar-refractivity contribution in [1.29, 1.82) is 0 Å². The number of β-amino-alcohol motifs (C(OH)–C–C–N with tert-alkyl or cyclic N) is 2. The second-order valence-corrected chi connectivity index (χ2v) is 6.38. The van der Waals surface area contributed by atoms with Gasteiger partial charge in [-0.3, -0.25) is 4.90 Å². The number of hydrogen-bond donors (Lipinski definition) is 4. The van der Waals surface area contributed by atoms with E-state index in [1.54, 1.807) is 0 Å². The van der Waals surface area contributed by atoms with Gasteiger partial charge in [-0.25, -0.2) is 0 Å². The van der Waals surface area contributed by atoms with Crippen LogP contribution in [0.3, 0.4) is 0 Å². The van der Waals surface area contributed by atoms with Crippen LogP contribution in [0.25, 0.3) is 0 Å². The van der Waals surface area contributed by atoms with Gasteiger partial charge in [-0.05, 0) is 65.1 Å². The van der Waals surface area contributed by atoms with Crippen LogP contribution >= 0.6 is 0 Å². The normalized spacial score (nSPS) is 17.5. The molecule has 7 heteroatoms. The molecule has 1 saturated heterocycles. The summed E-state index contributed by atoms with van der Waals surface area (Å²) in [5.74, 6) is 0. The van der Waals surface area contributed by atoms with Crippen molar-refractivity contribution in [3.05, 3.63) is 0 Å². The Bertz CT molecular complexity index is 251. The number of aliphatic hydroxyl groups is 3. The first-order valence-corrected chi connectivity index (χ1v) is 12.8. The maximum absolute atomic E-state index is 9.21. The molecular weight excluding hydrogens is 392 g/mol. The highest BCUT2D eigenvalue weighted by atomic mass is 16.3. The SMILES string of the molecule is CC.CC.CC.CCN1CCCN(CCO)CCCNCCN(CCO)CCC1.CO. The van der Waals surface area contributed by atoms with Crippen molar-refractivity contribution in [2.45, 2.75) is 67.7 Å². The maximum Gasteiger partial charge on any atom is 0.0558 e. The molecule has 1 rings (SSSR count). The summed E-state index contributed by atoms with van der Waals surface area (Å²) in [6, 6.07) is 0. The van der Waals surface area contributed by atoms with E-state index in [2.05, 4.69) is 26.9 Å². The lowest BCUT2D eigenvalue weighted by molar-refractivity contribution is 0.177. The van der Waals surface area contributed by atoms with Gasteiger partial charge in [-0.15, -0.1) is 0 Å². The number of nitrogens with one attached hydrogen (secondary N) is 1. The molecule has 1 fully saturated rings. The second-order valence-electron chi connectivity index (χ2n) is 6.38. The topological polar surface area (TPSA) is 82.4 Å². The summed E-state index contributed by atoms with van der Waals surface area (Å²) in [5, 5.41) is 28.9. The van der Waals surface area contributed by atoms with Gasteiger partial charge in [-0.1, -0.05) is 48.5 Å². The Hall–Kier alpha value is -0.280. The predicted molar refractivity (Wildman–Crippen MR) is 138 cm³/mol. The molecule has 1 aliphatic heterocycles. The average Bonchev–Trinajstić information content (AvgIpc) is 2.85. The standard InChI is InChI=1S/C17H38N4O2.3C2H6.CH4O/c1-2-19-9-4-11-20(14-16-22)8-3-6-18-7-13-21(15-17-23)12-5-10-19;4*1-2/h18,22-23H,2-17H2,1H3;3*1-2H3;2H,1H3. The molecule has 0 aromatic rings. The van der Waals surface area contributed by atoms with Crippen LogP contribution in [0.1, 0.15) is 67.7 Å². The minimum atomic E-state index is 0.244. The van der Waals surface area contributed by atoms with Crippen LogP contribution in [0.15, 0.2) is 0 Å². The molecule has 0 radical (unpaired) electrons. The number of hydrogen-bond acceptors (Lipinski definition) is 7. The molecule has 0 unspecified atom stereocenters. The molecular formula is C24H60N4O3.